The fourth-order valence-corrected chi connectivity index (χ4v) is 6.19. The van der Waals surface area contributed by atoms with E-state index < -0.39 is 39.7 Å². The first-order valence-electron chi connectivity index (χ1n) is 13.1. The summed E-state index contributed by atoms with van der Waals surface area (Å²) in [6.45, 7) is 7.40. The summed E-state index contributed by atoms with van der Waals surface area (Å²) in [5, 5.41) is 9.46. The zero-order valence-electron chi connectivity index (χ0n) is 22.8. The van der Waals surface area contributed by atoms with Crippen LogP contribution in [0.3, 0.4) is 0 Å². The Kier molecular flexibility index (Phi) is 12.2. The van der Waals surface area contributed by atoms with Gasteiger partial charge in [-0.15, -0.1) is 4.41 Å². The zero-order chi connectivity index (χ0) is 28.3. The van der Waals surface area contributed by atoms with E-state index in [2.05, 4.69) is 5.43 Å². The lowest BCUT2D eigenvalue weighted by Crippen LogP contribution is -2.54. The lowest BCUT2D eigenvalue weighted by Gasteiger charge is -2.32. The third kappa shape index (κ3) is 9.11. The molecule has 0 bridgehead atoms. The number of para-hydroxylation sites is 1. The number of anilines is 1. The summed E-state index contributed by atoms with van der Waals surface area (Å²) in [6, 6.07) is 16.0. The van der Waals surface area contributed by atoms with Crippen molar-refractivity contribution in [2.45, 2.75) is 71.6 Å². The summed E-state index contributed by atoms with van der Waals surface area (Å²) in [5.74, 6) is -3.24. The van der Waals surface area contributed by atoms with Gasteiger partial charge in [-0.25, -0.2) is 13.9 Å². The fourth-order valence-electron chi connectivity index (χ4n) is 4.47. The molecule has 38 heavy (non-hydrogen) atoms. The summed E-state index contributed by atoms with van der Waals surface area (Å²) in [6.07, 6.45) is 2.47. The molecular formula is C28H42N4O5S. The molecule has 9 nitrogen and oxygen atoms in total. The maximum absolute atomic E-state index is 13.7. The Morgan fingerprint density at radius 3 is 2.18 bits per heavy atom. The Hall–Kier alpha value is -2.95. The van der Waals surface area contributed by atoms with Crippen LogP contribution in [-0.4, -0.2) is 35.9 Å². The molecule has 0 heterocycles. The van der Waals surface area contributed by atoms with Gasteiger partial charge in [0.1, 0.15) is 0 Å². The van der Waals surface area contributed by atoms with Gasteiger partial charge in [0.05, 0.1) is 17.6 Å². The van der Waals surface area contributed by atoms with Crippen LogP contribution < -0.4 is 16.6 Å². The number of rotatable bonds is 15. The van der Waals surface area contributed by atoms with E-state index in [0.29, 0.717) is 43.4 Å². The molecule has 10 heteroatoms. The molecule has 0 fully saturated rings. The lowest BCUT2D eigenvalue weighted by molar-refractivity contribution is -0.142. The van der Waals surface area contributed by atoms with E-state index in [1.807, 2.05) is 51.1 Å². The fraction of sp³-hybridized carbons (Fsp3) is 0.500. The van der Waals surface area contributed by atoms with Crippen LogP contribution in [0.4, 0.5) is 5.69 Å². The zero-order valence-corrected chi connectivity index (χ0v) is 23.6. The molecule has 1 unspecified atom stereocenters. The first-order chi connectivity index (χ1) is 18.0. The average Bonchev–Trinajstić information content (AvgIpc) is 2.89. The van der Waals surface area contributed by atoms with Crippen LogP contribution in [0.2, 0.25) is 0 Å². The Balaban J connectivity index is 2.30. The van der Waals surface area contributed by atoms with Crippen molar-refractivity contribution in [1.82, 2.24) is 15.3 Å². The van der Waals surface area contributed by atoms with Crippen molar-refractivity contribution in [3.05, 3.63) is 65.7 Å². The summed E-state index contributed by atoms with van der Waals surface area (Å²) >= 11 is 0. The predicted molar refractivity (Wildman–Crippen MR) is 149 cm³/mol. The number of amides is 2. The van der Waals surface area contributed by atoms with Crippen molar-refractivity contribution < 1.29 is 23.2 Å². The first kappa shape index (κ1) is 31.3. The maximum Gasteiger partial charge on any atom is 0.247 e. The Bertz CT molecular complexity index is 1140. The number of carbonyl (C=O) groups excluding carboxylic acids is 2. The first-order valence-corrected chi connectivity index (χ1v) is 14.7. The van der Waals surface area contributed by atoms with Crippen LogP contribution in [0, 0.1) is 17.8 Å². The number of sulfonamides is 1. The highest BCUT2D eigenvalue weighted by molar-refractivity contribution is 7.88. The Morgan fingerprint density at radius 1 is 0.974 bits per heavy atom. The van der Waals surface area contributed by atoms with Crippen LogP contribution in [0.1, 0.15) is 64.5 Å². The monoisotopic (exact) mass is 546 g/mol. The second-order valence-corrected chi connectivity index (χ2v) is 12.0. The highest BCUT2D eigenvalue weighted by Crippen LogP contribution is 2.27. The number of nitrogens with one attached hydrogen (secondary N) is 2. The van der Waals surface area contributed by atoms with Crippen molar-refractivity contribution in [3.8, 4) is 0 Å². The number of hydrazine groups is 1. The summed E-state index contributed by atoms with van der Waals surface area (Å²) < 4.78 is 27.9. The smallest absolute Gasteiger partial charge is 0.247 e. The van der Waals surface area contributed by atoms with E-state index in [0.717, 1.165) is 9.98 Å². The molecule has 3 atom stereocenters. The topological polar surface area (TPSA) is 142 Å². The van der Waals surface area contributed by atoms with Gasteiger partial charge in [0, 0.05) is 11.7 Å². The minimum Gasteiger partial charge on any atom is -0.398 e. The molecule has 0 spiro atoms. The van der Waals surface area contributed by atoms with Gasteiger partial charge in [-0.3, -0.25) is 20.2 Å². The molecule has 2 rings (SSSR count). The molecule has 0 aliphatic heterocycles. The van der Waals surface area contributed by atoms with E-state index in [1.165, 1.54) is 0 Å². The molecule has 210 valence electrons. The van der Waals surface area contributed by atoms with Crippen molar-refractivity contribution >= 4 is 27.5 Å². The second-order valence-electron chi connectivity index (χ2n) is 10.2. The minimum atomic E-state index is -4.00. The number of hydrogen-bond acceptors (Lipinski definition) is 6. The maximum atomic E-state index is 13.7. The van der Waals surface area contributed by atoms with E-state index in [-0.39, 0.29) is 11.7 Å². The Labute approximate surface area is 226 Å². The van der Waals surface area contributed by atoms with Gasteiger partial charge < -0.3 is 5.73 Å². The molecule has 0 saturated carbocycles. The van der Waals surface area contributed by atoms with Crippen molar-refractivity contribution in [1.29, 1.82) is 0 Å². The Morgan fingerprint density at radius 2 is 1.61 bits per heavy atom. The molecule has 0 aromatic heterocycles. The lowest BCUT2D eigenvalue weighted by atomic mass is 9.81. The SMILES string of the molecule is CCC(C)N(NC(=O)[C@H](CC(C)C)[C@@H](CCCc1ccccc1)C(=O)NO)S(=O)(=O)Cc1ccccc1N. The molecule has 0 saturated heterocycles. The van der Waals surface area contributed by atoms with Crippen molar-refractivity contribution in [3.63, 3.8) is 0 Å². The van der Waals surface area contributed by atoms with E-state index >= 15 is 0 Å². The number of nitrogens with zero attached hydrogens (tertiary/aromatic N) is 1. The molecule has 0 aliphatic rings. The van der Waals surface area contributed by atoms with Crippen LogP contribution in [0.25, 0.3) is 0 Å². The van der Waals surface area contributed by atoms with Crippen molar-refractivity contribution in [2.24, 2.45) is 17.8 Å². The normalized spacial score (nSPS) is 14.2. The number of carbonyl (C=O) groups is 2. The van der Waals surface area contributed by atoms with Crippen LogP contribution >= 0.6 is 0 Å². The van der Waals surface area contributed by atoms with Gasteiger partial charge in [0.25, 0.3) is 0 Å². The van der Waals surface area contributed by atoms with E-state index in [9.17, 15) is 23.2 Å². The molecule has 2 aromatic carbocycles. The minimum absolute atomic E-state index is 0.0478. The van der Waals surface area contributed by atoms with Gasteiger partial charge in [-0.1, -0.05) is 69.3 Å². The van der Waals surface area contributed by atoms with Gasteiger partial charge in [0.2, 0.25) is 21.8 Å². The number of hydroxylamine groups is 1. The highest BCUT2D eigenvalue weighted by Gasteiger charge is 2.37. The summed E-state index contributed by atoms with van der Waals surface area (Å²) in [4.78, 5) is 26.4. The molecule has 0 aliphatic carbocycles. The molecule has 2 aromatic rings. The summed E-state index contributed by atoms with van der Waals surface area (Å²) in [7, 11) is -4.00. The summed E-state index contributed by atoms with van der Waals surface area (Å²) in [5.41, 5.74) is 12.2. The standard InChI is InChI=1S/C28H42N4O5S/c1-5-21(4)32(38(36,37)19-23-15-9-10-17-26(23)29)30-27(33)25(18-20(2)3)24(28(34)31-35)16-11-14-22-12-7-6-8-13-22/h6-10,12-13,15,17,20-21,24-25,35H,5,11,14,16,18-19,29H2,1-4H3,(H,30,33)(H,31,34)/t21?,24-,25-/m1/s1. The number of aryl methyl sites for hydroxylation is 1. The number of hydrogen-bond donors (Lipinski definition) is 4. The quantitative estimate of drug-likeness (QED) is 0.151. The second kappa shape index (κ2) is 14.8. The van der Waals surface area contributed by atoms with Gasteiger partial charge in [0.15, 0.2) is 0 Å². The van der Waals surface area contributed by atoms with Crippen LogP contribution in [0.15, 0.2) is 54.6 Å². The van der Waals surface area contributed by atoms with Gasteiger partial charge in [-0.2, -0.15) is 0 Å². The third-order valence-electron chi connectivity index (χ3n) is 6.72. The molecule has 2 amide bonds. The molecule has 0 radical (unpaired) electrons. The average molecular weight is 547 g/mol. The third-order valence-corrected chi connectivity index (χ3v) is 8.45. The van der Waals surface area contributed by atoms with E-state index in [4.69, 9.17) is 5.73 Å². The van der Waals surface area contributed by atoms with Crippen molar-refractivity contribution in [2.75, 3.05) is 5.73 Å². The van der Waals surface area contributed by atoms with Crippen LogP contribution in [-0.2, 0) is 31.8 Å². The number of benzene rings is 2. The van der Waals surface area contributed by atoms with Crippen LogP contribution in [0.5, 0.6) is 0 Å². The number of nitrogens with two attached hydrogens (primary N) is 1. The number of nitrogen functional groups attached to an aromatic ring is 1. The predicted octanol–water partition coefficient (Wildman–Crippen LogP) is 4.04. The van der Waals surface area contributed by atoms with Gasteiger partial charge >= 0.3 is 0 Å². The highest BCUT2D eigenvalue weighted by atomic mass is 32.2. The van der Waals surface area contributed by atoms with Gasteiger partial charge in [-0.05, 0) is 62.1 Å². The molecular weight excluding hydrogens is 504 g/mol. The van der Waals surface area contributed by atoms with E-state index in [1.54, 1.807) is 36.7 Å². The molecule has 5 N–H and O–H groups in total. The largest absolute Gasteiger partial charge is 0.398 e.